The van der Waals surface area contributed by atoms with Gasteiger partial charge in [-0.2, -0.15) is 0 Å². The highest BCUT2D eigenvalue weighted by molar-refractivity contribution is 7.91. The molecule has 1 amide bonds. The van der Waals surface area contributed by atoms with E-state index in [0.717, 1.165) is 27.5 Å². The molecule has 1 heterocycles. The lowest BCUT2D eigenvalue weighted by Gasteiger charge is -2.29. The summed E-state index contributed by atoms with van der Waals surface area (Å²) in [6, 6.07) is 17.2. The molecule has 3 aromatic carbocycles. The van der Waals surface area contributed by atoms with Crippen LogP contribution in [-0.4, -0.2) is 43.4 Å². The first-order valence-corrected chi connectivity index (χ1v) is 12.8. The van der Waals surface area contributed by atoms with Crippen LogP contribution in [0.5, 0.6) is 5.75 Å². The first kappa shape index (κ1) is 22.6. The Labute approximate surface area is 193 Å². The third-order valence-corrected chi connectivity index (χ3v) is 8.31. The number of carbonyl (C=O) groups is 1. The molecule has 168 valence electrons. The van der Waals surface area contributed by atoms with Crippen LogP contribution in [0.3, 0.4) is 0 Å². The van der Waals surface area contributed by atoms with E-state index in [4.69, 9.17) is 16.3 Å². The van der Waals surface area contributed by atoms with Crippen molar-refractivity contribution in [3.8, 4) is 5.75 Å². The quantitative estimate of drug-likeness (QED) is 0.522. The minimum Gasteiger partial charge on any atom is -0.484 e. The van der Waals surface area contributed by atoms with Crippen molar-refractivity contribution in [2.75, 3.05) is 18.1 Å². The fraction of sp³-hybridized carbons (Fsp3) is 0.320. The number of halogens is 1. The lowest BCUT2D eigenvalue weighted by Crippen LogP contribution is -2.43. The van der Waals surface area contributed by atoms with Crippen LogP contribution >= 0.6 is 11.6 Å². The number of hydrogen-bond acceptors (Lipinski definition) is 4. The van der Waals surface area contributed by atoms with Crippen molar-refractivity contribution in [1.82, 2.24) is 4.90 Å². The van der Waals surface area contributed by atoms with Gasteiger partial charge in [-0.15, -0.1) is 0 Å². The zero-order valence-corrected chi connectivity index (χ0v) is 19.7. The number of nitrogens with zero attached hydrogens (tertiary/aromatic N) is 1. The molecule has 0 saturated carbocycles. The molecule has 1 aliphatic rings. The van der Waals surface area contributed by atoms with E-state index in [1.165, 1.54) is 0 Å². The maximum Gasteiger partial charge on any atom is 0.261 e. The molecule has 7 heteroatoms. The molecule has 0 N–H and O–H groups in total. The van der Waals surface area contributed by atoms with E-state index >= 15 is 0 Å². The Balaban J connectivity index is 1.58. The number of hydrogen-bond donors (Lipinski definition) is 0. The molecule has 0 aromatic heterocycles. The molecule has 0 aliphatic carbocycles. The van der Waals surface area contributed by atoms with Gasteiger partial charge in [-0.3, -0.25) is 4.79 Å². The third kappa shape index (κ3) is 4.92. The number of sulfone groups is 1. The van der Waals surface area contributed by atoms with Gasteiger partial charge in [0, 0.05) is 17.6 Å². The molecule has 1 saturated heterocycles. The lowest BCUT2D eigenvalue weighted by molar-refractivity contribution is -0.136. The van der Waals surface area contributed by atoms with Crippen molar-refractivity contribution in [2.24, 2.45) is 0 Å². The first-order valence-electron chi connectivity index (χ1n) is 10.6. The average molecular weight is 472 g/mol. The monoisotopic (exact) mass is 471 g/mol. The Morgan fingerprint density at radius 2 is 1.78 bits per heavy atom. The van der Waals surface area contributed by atoms with Crippen LogP contribution in [0.15, 0.2) is 54.6 Å². The molecule has 0 spiro atoms. The van der Waals surface area contributed by atoms with E-state index in [1.54, 1.807) is 17.0 Å². The second-order valence-corrected chi connectivity index (χ2v) is 11.0. The van der Waals surface area contributed by atoms with Gasteiger partial charge in [0.1, 0.15) is 5.75 Å². The molecular formula is C25H26ClNO4S. The van der Waals surface area contributed by atoms with Gasteiger partial charge < -0.3 is 9.64 Å². The van der Waals surface area contributed by atoms with E-state index in [2.05, 4.69) is 0 Å². The summed E-state index contributed by atoms with van der Waals surface area (Å²) in [5.41, 5.74) is 2.74. The summed E-state index contributed by atoms with van der Waals surface area (Å²) in [7, 11) is -3.14. The topological polar surface area (TPSA) is 63.7 Å². The second kappa shape index (κ2) is 9.12. The summed E-state index contributed by atoms with van der Waals surface area (Å²) >= 11 is 6.23. The van der Waals surface area contributed by atoms with E-state index in [-0.39, 0.29) is 30.1 Å². The normalized spacial score (nSPS) is 17.4. The molecule has 1 atom stereocenters. The smallest absolute Gasteiger partial charge is 0.261 e. The second-order valence-electron chi connectivity index (χ2n) is 8.38. The molecule has 1 fully saturated rings. The molecule has 32 heavy (non-hydrogen) atoms. The van der Waals surface area contributed by atoms with E-state index in [9.17, 15) is 13.2 Å². The van der Waals surface area contributed by atoms with Gasteiger partial charge in [-0.05, 0) is 59.9 Å². The fourth-order valence-electron chi connectivity index (χ4n) is 4.27. The van der Waals surface area contributed by atoms with Crippen molar-refractivity contribution in [1.29, 1.82) is 0 Å². The summed E-state index contributed by atoms with van der Waals surface area (Å²) in [5.74, 6) is 0.433. The highest BCUT2D eigenvalue weighted by atomic mass is 35.5. The van der Waals surface area contributed by atoms with Crippen molar-refractivity contribution < 1.29 is 17.9 Å². The van der Waals surface area contributed by atoms with E-state index in [1.807, 2.05) is 56.3 Å². The Kier molecular flexibility index (Phi) is 6.45. The van der Waals surface area contributed by atoms with E-state index in [0.29, 0.717) is 23.7 Å². The Morgan fingerprint density at radius 1 is 1.09 bits per heavy atom. The lowest BCUT2D eigenvalue weighted by atomic mass is 10.0. The van der Waals surface area contributed by atoms with Crippen LogP contribution in [0.25, 0.3) is 10.8 Å². The van der Waals surface area contributed by atoms with Gasteiger partial charge in [0.2, 0.25) is 0 Å². The molecule has 1 unspecified atom stereocenters. The SMILES string of the molecule is Cc1cc(OCC(=O)N(Cc2cccc3ccccc23)C2CCS(=O)(=O)C2)cc(C)c1Cl. The van der Waals surface area contributed by atoms with Crippen LogP contribution < -0.4 is 4.74 Å². The highest BCUT2D eigenvalue weighted by Gasteiger charge is 2.35. The highest BCUT2D eigenvalue weighted by Crippen LogP contribution is 2.27. The Hall–Kier alpha value is -2.57. The number of benzene rings is 3. The van der Waals surface area contributed by atoms with Gasteiger partial charge >= 0.3 is 0 Å². The maximum atomic E-state index is 13.3. The molecular weight excluding hydrogens is 446 g/mol. The van der Waals surface area contributed by atoms with Crippen molar-refractivity contribution in [3.63, 3.8) is 0 Å². The van der Waals surface area contributed by atoms with Gasteiger partial charge in [0.15, 0.2) is 16.4 Å². The minimum absolute atomic E-state index is 0.0112. The molecule has 4 rings (SSSR count). The molecule has 3 aromatic rings. The van der Waals surface area contributed by atoms with Crippen LogP contribution in [-0.2, 0) is 21.2 Å². The van der Waals surface area contributed by atoms with Crippen molar-refractivity contribution in [2.45, 2.75) is 32.9 Å². The number of carbonyl (C=O) groups excluding carboxylic acids is 1. The molecule has 0 radical (unpaired) electrons. The first-order chi connectivity index (χ1) is 15.2. The van der Waals surface area contributed by atoms with Crippen LogP contribution in [0.2, 0.25) is 5.02 Å². The Bertz CT molecular complexity index is 1240. The molecule has 1 aliphatic heterocycles. The molecule has 0 bridgehead atoms. The summed E-state index contributed by atoms with van der Waals surface area (Å²) in [6.07, 6.45) is 0.442. The zero-order chi connectivity index (χ0) is 22.9. The van der Waals surface area contributed by atoms with Crippen LogP contribution in [0, 0.1) is 13.8 Å². The summed E-state index contributed by atoms with van der Waals surface area (Å²) < 4.78 is 30.1. The maximum absolute atomic E-state index is 13.3. The van der Waals surface area contributed by atoms with Gasteiger partial charge in [-0.25, -0.2) is 8.42 Å². The standard InChI is InChI=1S/C25H26ClNO4S/c1-17-12-22(13-18(2)25(17)26)31-15-24(28)27(21-10-11-32(29,30)16-21)14-20-8-5-7-19-6-3-4-9-23(19)20/h3-9,12-13,21H,10-11,14-16H2,1-2H3. The third-order valence-electron chi connectivity index (χ3n) is 5.96. The predicted molar refractivity (Wildman–Crippen MR) is 128 cm³/mol. The van der Waals surface area contributed by atoms with Gasteiger partial charge in [-0.1, -0.05) is 54.1 Å². The largest absolute Gasteiger partial charge is 0.484 e. The summed E-state index contributed by atoms with van der Waals surface area (Å²) in [6.45, 7) is 3.95. The number of aryl methyl sites for hydroxylation is 2. The predicted octanol–water partition coefficient (Wildman–Crippen LogP) is 4.70. The number of rotatable bonds is 6. The average Bonchev–Trinajstić information content (AvgIpc) is 3.13. The van der Waals surface area contributed by atoms with Gasteiger partial charge in [0.05, 0.1) is 11.5 Å². The van der Waals surface area contributed by atoms with Crippen molar-refractivity contribution >= 4 is 38.1 Å². The summed E-state index contributed by atoms with van der Waals surface area (Å²) in [5, 5.41) is 2.82. The zero-order valence-electron chi connectivity index (χ0n) is 18.2. The van der Waals surface area contributed by atoms with Crippen LogP contribution in [0.1, 0.15) is 23.1 Å². The fourth-order valence-corrected chi connectivity index (χ4v) is 6.11. The van der Waals surface area contributed by atoms with Crippen molar-refractivity contribution in [3.05, 3.63) is 76.3 Å². The number of amides is 1. The Morgan fingerprint density at radius 3 is 2.47 bits per heavy atom. The summed E-state index contributed by atoms with van der Waals surface area (Å²) in [4.78, 5) is 14.9. The molecule has 5 nitrogen and oxygen atoms in total. The van der Waals surface area contributed by atoms with Gasteiger partial charge in [0.25, 0.3) is 5.91 Å². The number of fused-ring (bicyclic) bond motifs is 1. The van der Waals surface area contributed by atoms with Crippen LogP contribution in [0.4, 0.5) is 0 Å². The van der Waals surface area contributed by atoms with E-state index < -0.39 is 9.84 Å². The number of ether oxygens (including phenoxy) is 1. The minimum atomic E-state index is -3.14.